The molecule has 2 aromatic carbocycles. The summed E-state index contributed by atoms with van der Waals surface area (Å²) in [6.07, 6.45) is -0.101. The van der Waals surface area contributed by atoms with Crippen molar-refractivity contribution in [2.75, 3.05) is 6.61 Å². The van der Waals surface area contributed by atoms with Gasteiger partial charge in [-0.1, -0.05) is 35.0 Å². The molecular formula is C16H15Br2FO2. The summed E-state index contributed by atoms with van der Waals surface area (Å²) in [6.45, 7) is 2.66. The van der Waals surface area contributed by atoms with Crippen LogP contribution in [0.4, 0.5) is 4.39 Å². The largest absolute Gasteiger partial charge is 0.492 e. The Kier molecular flexibility index (Phi) is 5.79. The van der Waals surface area contributed by atoms with E-state index in [1.165, 1.54) is 6.07 Å². The van der Waals surface area contributed by atoms with E-state index in [-0.39, 0.29) is 5.56 Å². The molecule has 0 saturated carbocycles. The van der Waals surface area contributed by atoms with Crippen molar-refractivity contribution < 1.29 is 14.2 Å². The Balaban J connectivity index is 2.27. The smallest absolute Gasteiger partial charge is 0.133 e. The van der Waals surface area contributed by atoms with E-state index in [9.17, 15) is 9.50 Å². The standard InChI is InChI=1S/C16H15Br2FO2/c1-2-7-21-15-6-3-10(8-13(15)18)16(20)12-5-4-11(17)9-14(12)19/h3-6,8-9,16,20H,2,7H2,1H3. The quantitative estimate of drug-likeness (QED) is 0.722. The zero-order chi connectivity index (χ0) is 15.4. The highest BCUT2D eigenvalue weighted by atomic mass is 79.9. The fraction of sp³-hybridized carbons (Fsp3) is 0.250. The van der Waals surface area contributed by atoms with Crippen LogP contribution in [0, 0.1) is 5.82 Å². The molecule has 2 rings (SSSR count). The number of hydrogen-bond acceptors (Lipinski definition) is 2. The fourth-order valence-electron chi connectivity index (χ4n) is 1.92. The van der Waals surface area contributed by atoms with Crippen molar-refractivity contribution in [3.05, 3.63) is 62.3 Å². The summed E-state index contributed by atoms with van der Waals surface area (Å²) < 4.78 is 20.8. The molecule has 0 saturated heterocycles. The van der Waals surface area contributed by atoms with Crippen LogP contribution in [0.25, 0.3) is 0 Å². The molecule has 1 unspecified atom stereocenters. The van der Waals surface area contributed by atoms with Crippen molar-refractivity contribution >= 4 is 31.9 Å². The Hall–Kier alpha value is -0.910. The fourth-order valence-corrected chi connectivity index (χ4v) is 2.76. The van der Waals surface area contributed by atoms with Crippen molar-refractivity contribution in [2.45, 2.75) is 19.4 Å². The molecule has 0 heterocycles. The van der Waals surface area contributed by atoms with Gasteiger partial charge in [0.25, 0.3) is 0 Å². The Morgan fingerprint density at radius 3 is 2.57 bits per heavy atom. The van der Waals surface area contributed by atoms with E-state index in [2.05, 4.69) is 31.9 Å². The van der Waals surface area contributed by atoms with E-state index in [4.69, 9.17) is 4.74 Å². The third-order valence-corrected chi connectivity index (χ3v) is 4.10. The lowest BCUT2D eigenvalue weighted by Gasteiger charge is -2.15. The van der Waals surface area contributed by atoms with E-state index >= 15 is 0 Å². The highest BCUT2D eigenvalue weighted by Crippen LogP contribution is 2.32. The van der Waals surface area contributed by atoms with Gasteiger partial charge in [0.05, 0.1) is 11.1 Å². The average molecular weight is 418 g/mol. The maximum absolute atomic E-state index is 13.9. The third-order valence-electron chi connectivity index (χ3n) is 2.99. The molecular weight excluding hydrogens is 403 g/mol. The molecule has 0 fully saturated rings. The number of halogens is 3. The second-order valence-electron chi connectivity index (χ2n) is 4.61. The van der Waals surface area contributed by atoms with Gasteiger partial charge in [-0.3, -0.25) is 0 Å². The first-order valence-corrected chi connectivity index (χ1v) is 8.16. The van der Waals surface area contributed by atoms with E-state index in [1.807, 2.05) is 6.92 Å². The molecule has 0 radical (unpaired) electrons. The Morgan fingerprint density at radius 1 is 1.19 bits per heavy atom. The summed E-state index contributed by atoms with van der Waals surface area (Å²) in [5.41, 5.74) is 0.847. The van der Waals surface area contributed by atoms with Gasteiger partial charge in [0.1, 0.15) is 17.7 Å². The van der Waals surface area contributed by atoms with E-state index in [0.717, 1.165) is 10.9 Å². The van der Waals surface area contributed by atoms with Crippen LogP contribution >= 0.6 is 31.9 Å². The van der Waals surface area contributed by atoms with Crippen LogP contribution in [-0.2, 0) is 0 Å². The Bertz CT molecular complexity index is 632. The van der Waals surface area contributed by atoms with Crippen molar-refractivity contribution in [3.8, 4) is 5.75 Å². The maximum Gasteiger partial charge on any atom is 0.133 e. The molecule has 2 nitrogen and oxygen atoms in total. The van der Waals surface area contributed by atoms with Crippen LogP contribution < -0.4 is 4.74 Å². The summed E-state index contributed by atoms with van der Waals surface area (Å²) in [4.78, 5) is 0. The van der Waals surface area contributed by atoms with Crippen LogP contribution in [0.3, 0.4) is 0 Å². The molecule has 0 bridgehead atoms. The molecule has 5 heteroatoms. The topological polar surface area (TPSA) is 29.5 Å². The summed E-state index contributed by atoms with van der Waals surface area (Å²) in [5, 5.41) is 10.3. The van der Waals surface area contributed by atoms with Crippen LogP contribution in [0.5, 0.6) is 5.75 Å². The predicted octanol–water partition coefficient (Wildman–Crippen LogP) is 5.22. The number of aliphatic hydroxyl groups is 1. The number of rotatable bonds is 5. The minimum atomic E-state index is -1.02. The maximum atomic E-state index is 13.9. The molecule has 0 aliphatic heterocycles. The predicted molar refractivity (Wildman–Crippen MR) is 88.1 cm³/mol. The first-order chi connectivity index (χ1) is 10.0. The minimum Gasteiger partial charge on any atom is -0.492 e. The molecule has 112 valence electrons. The third kappa shape index (κ3) is 4.05. The molecule has 0 aromatic heterocycles. The molecule has 0 spiro atoms. The van der Waals surface area contributed by atoms with E-state index in [1.54, 1.807) is 30.3 Å². The van der Waals surface area contributed by atoms with E-state index < -0.39 is 11.9 Å². The van der Waals surface area contributed by atoms with Crippen molar-refractivity contribution in [1.82, 2.24) is 0 Å². The Labute approximate surface area is 140 Å². The summed E-state index contributed by atoms with van der Waals surface area (Å²) >= 11 is 6.61. The summed E-state index contributed by atoms with van der Waals surface area (Å²) in [5.74, 6) is 0.267. The Morgan fingerprint density at radius 2 is 1.95 bits per heavy atom. The van der Waals surface area contributed by atoms with Gasteiger partial charge in [-0.2, -0.15) is 0 Å². The zero-order valence-electron chi connectivity index (χ0n) is 11.4. The van der Waals surface area contributed by atoms with Gasteiger partial charge in [0, 0.05) is 10.0 Å². The van der Waals surface area contributed by atoms with Gasteiger partial charge in [0.2, 0.25) is 0 Å². The lowest BCUT2D eigenvalue weighted by atomic mass is 10.0. The first-order valence-electron chi connectivity index (χ1n) is 6.58. The molecule has 21 heavy (non-hydrogen) atoms. The normalized spacial score (nSPS) is 12.2. The van der Waals surface area contributed by atoms with Gasteiger partial charge >= 0.3 is 0 Å². The SMILES string of the molecule is CCCOc1ccc(C(O)c2ccc(Br)cc2F)cc1Br. The number of aliphatic hydroxyl groups excluding tert-OH is 1. The number of ether oxygens (including phenoxy) is 1. The van der Waals surface area contributed by atoms with Crippen molar-refractivity contribution in [1.29, 1.82) is 0 Å². The second-order valence-corrected chi connectivity index (χ2v) is 6.38. The van der Waals surface area contributed by atoms with Crippen molar-refractivity contribution in [2.24, 2.45) is 0 Å². The monoisotopic (exact) mass is 416 g/mol. The lowest BCUT2D eigenvalue weighted by Crippen LogP contribution is -2.03. The average Bonchev–Trinajstić information content (AvgIpc) is 2.45. The lowest BCUT2D eigenvalue weighted by molar-refractivity contribution is 0.214. The highest BCUT2D eigenvalue weighted by molar-refractivity contribution is 9.10. The van der Waals surface area contributed by atoms with Gasteiger partial charge in [-0.05, 0) is 52.2 Å². The van der Waals surface area contributed by atoms with Gasteiger partial charge in [-0.25, -0.2) is 4.39 Å². The first kappa shape index (κ1) is 16.5. The second kappa shape index (κ2) is 7.38. The van der Waals surface area contributed by atoms with Crippen molar-refractivity contribution in [3.63, 3.8) is 0 Å². The van der Waals surface area contributed by atoms with Gasteiger partial charge < -0.3 is 9.84 Å². The molecule has 2 aromatic rings. The van der Waals surface area contributed by atoms with Crippen LogP contribution in [-0.4, -0.2) is 11.7 Å². The van der Waals surface area contributed by atoms with Crippen LogP contribution in [0.1, 0.15) is 30.6 Å². The van der Waals surface area contributed by atoms with Gasteiger partial charge in [-0.15, -0.1) is 0 Å². The molecule has 0 aliphatic carbocycles. The van der Waals surface area contributed by atoms with Crippen LogP contribution in [0.15, 0.2) is 45.3 Å². The molecule has 1 N–H and O–H groups in total. The van der Waals surface area contributed by atoms with Gasteiger partial charge in [0.15, 0.2) is 0 Å². The zero-order valence-corrected chi connectivity index (χ0v) is 14.6. The van der Waals surface area contributed by atoms with Crippen LogP contribution in [0.2, 0.25) is 0 Å². The molecule has 0 aliphatic rings. The number of hydrogen-bond donors (Lipinski definition) is 1. The minimum absolute atomic E-state index is 0.243. The highest BCUT2D eigenvalue weighted by Gasteiger charge is 2.16. The summed E-state index contributed by atoms with van der Waals surface area (Å²) in [7, 11) is 0. The number of benzene rings is 2. The molecule has 1 atom stereocenters. The molecule has 0 amide bonds. The van der Waals surface area contributed by atoms with E-state index in [0.29, 0.717) is 22.4 Å². The summed E-state index contributed by atoms with van der Waals surface area (Å²) in [6, 6.07) is 9.87.